The molecule has 58 valence electrons. The average Bonchev–Trinajstić information content (AvgIpc) is 1.97. The molecule has 0 aromatic carbocycles. The maximum atomic E-state index is 3.26. The lowest BCUT2D eigenvalue weighted by Crippen LogP contribution is -1.73. The minimum Gasteiger partial charge on any atom is -0.126 e. The van der Waals surface area contributed by atoms with E-state index >= 15 is 0 Å². The van der Waals surface area contributed by atoms with E-state index in [1.54, 1.807) is 0 Å². The van der Waals surface area contributed by atoms with Crippen LogP contribution in [0, 0.1) is 0 Å². The first-order valence-electron chi connectivity index (χ1n) is 4.21. The van der Waals surface area contributed by atoms with Gasteiger partial charge < -0.3 is 0 Å². The van der Waals surface area contributed by atoms with E-state index in [1.807, 2.05) is 0 Å². The first-order valence-corrected chi connectivity index (χ1v) is 4.21. The fourth-order valence-electron chi connectivity index (χ4n) is 0.790. The highest BCUT2D eigenvalue weighted by Gasteiger charge is 1.84. The zero-order valence-corrected chi connectivity index (χ0v) is 7.41. The summed E-state index contributed by atoms with van der Waals surface area (Å²) in [4.78, 5) is 0. The summed E-state index contributed by atoms with van der Waals surface area (Å²) in [5.74, 6) is 0. The molecule has 0 spiro atoms. The lowest BCUT2D eigenvalue weighted by molar-refractivity contribution is 0.788. The highest BCUT2D eigenvalue weighted by atomic mass is 13.9. The first kappa shape index (κ1) is 9.52. The van der Waals surface area contributed by atoms with Gasteiger partial charge in [-0.15, -0.1) is 5.73 Å². The summed E-state index contributed by atoms with van der Waals surface area (Å²) in [5, 5.41) is 0. The Bertz CT molecular complexity index is 125. The van der Waals surface area contributed by atoms with Gasteiger partial charge in [0.15, 0.2) is 0 Å². The van der Waals surface area contributed by atoms with Crippen molar-refractivity contribution in [1.82, 2.24) is 0 Å². The van der Waals surface area contributed by atoms with Crippen molar-refractivity contribution in [2.24, 2.45) is 0 Å². The van der Waals surface area contributed by atoms with Crippen LogP contribution in [0.5, 0.6) is 0 Å². The standard InChI is InChI=1S/C10H18/c1-4-6-8-10(3)9-7-5-2/h6H,4-5,7,9H2,1-3H3. The van der Waals surface area contributed by atoms with E-state index in [-0.39, 0.29) is 0 Å². The maximum Gasteiger partial charge on any atom is -0.0247 e. The van der Waals surface area contributed by atoms with Gasteiger partial charge in [0.2, 0.25) is 0 Å². The molecule has 0 bridgehead atoms. The van der Waals surface area contributed by atoms with Crippen molar-refractivity contribution in [2.45, 2.75) is 46.5 Å². The van der Waals surface area contributed by atoms with E-state index in [4.69, 9.17) is 0 Å². The molecule has 0 N–H and O–H groups in total. The van der Waals surface area contributed by atoms with Gasteiger partial charge in [-0.05, 0) is 37.8 Å². The molecule has 0 saturated heterocycles. The highest BCUT2D eigenvalue weighted by molar-refractivity contribution is 4.97. The summed E-state index contributed by atoms with van der Waals surface area (Å²) in [6.07, 6.45) is 7.00. The van der Waals surface area contributed by atoms with Gasteiger partial charge in [-0.1, -0.05) is 20.3 Å². The monoisotopic (exact) mass is 138 g/mol. The van der Waals surface area contributed by atoms with Gasteiger partial charge >= 0.3 is 0 Å². The normalized spacial score (nSPS) is 8.70. The van der Waals surface area contributed by atoms with Crippen LogP contribution in [0.4, 0.5) is 0 Å². The molecule has 0 aliphatic carbocycles. The van der Waals surface area contributed by atoms with Crippen molar-refractivity contribution in [3.05, 3.63) is 17.4 Å². The van der Waals surface area contributed by atoms with Crippen LogP contribution in [0.1, 0.15) is 46.5 Å². The van der Waals surface area contributed by atoms with Gasteiger partial charge in [-0.2, -0.15) is 0 Å². The Morgan fingerprint density at radius 1 is 1.40 bits per heavy atom. The molecule has 0 aromatic rings. The van der Waals surface area contributed by atoms with Crippen LogP contribution in [0.2, 0.25) is 0 Å². The fourth-order valence-corrected chi connectivity index (χ4v) is 0.790. The third-order valence-corrected chi connectivity index (χ3v) is 1.46. The molecule has 0 atom stereocenters. The summed E-state index contributed by atoms with van der Waals surface area (Å²) in [7, 11) is 0. The van der Waals surface area contributed by atoms with Gasteiger partial charge in [-0.3, -0.25) is 0 Å². The molecule has 0 nitrogen and oxygen atoms in total. The minimum absolute atomic E-state index is 1.10. The van der Waals surface area contributed by atoms with Crippen molar-refractivity contribution in [3.63, 3.8) is 0 Å². The van der Waals surface area contributed by atoms with Gasteiger partial charge in [0, 0.05) is 0 Å². The van der Waals surface area contributed by atoms with E-state index in [1.165, 1.54) is 24.8 Å². The Labute approximate surface area is 64.6 Å². The van der Waals surface area contributed by atoms with Crippen molar-refractivity contribution in [1.29, 1.82) is 0 Å². The van der Waals surface area contributed by atoms with Crippen LogP contribution in [-0.4, -0.2) is 0 Å². The lowest BCUT2D eigenvalue weighted by Gasteiger charge is -1.92. The van der Waals surface area contributed by atoms with Crippen LogP contribution in [0.3, 0.4) is 0 Å². The summed E-state index contributed by atoms with van der Waals surface area (Å²) >= 11 is 0. The molecule has 10 heavy (non-hydrogen) atoms. The molecule has 0 aliphatic rings. The second kappa shape index (κ2) is 6.64. The van der Waals surface area contributed by atoms with Gasteiger partial charge in [-0.25, -0.2) is 0 Å². The largest absolute Gasteiger partial charge is 0.126 e. The molecular formula is C10H18. The third kappa shape index (κ3) is 5.65. The zero-order chi connectivity index (χ0) is 7.82. The van der Waals surface area contributed by atoms with Crippen molar-refractivity contribution in [3.8, 4) is 0 Å². The van der Waals surface area contributed by atoms with Crippen LogP contribution >= 0.6 is 0 Å². The quantitative estimate of drug-likeness (QED) is 0.520. The molecule has 0 amide bonds. The van der Waals surface area contributed by atoms with E-state index in [0.29, 0.717) is 0 Å². The number of hydrogen-bond acceptors (Lipinski definition) is 0. The fraction of sp³-hybridized carbons (Fsp3) is 0.700. The average molecular weight is 138 g/mol. The van der Waals surface area contributed by atoms with Gasteiger partial charge in [0.05, 0.1) is 0 Å². The predicted molar refractivity (Wildman–Crippen MR) is 47.1 cm³/mol. The lowest BCUT2D eigenvalue weighted by atomic mass is 10.1. The summed E-state index contributed by atoms with van der Waals surface area (Å²) < 4.78 is 0. The Balaban J connectivity index is 3.59. The summed E-state index contributed by atoms with van der Waals surface area (Å²) in [5.41, 5.74) is 4.65. The SMILES string of the molecule is CCC=C=C(C)CCCC. The maximum absolute atomic E-state index is 3.26. The Morgan fingerprint density at radius 3 is 2.60 bits per heavy atom. The molecular weight excluding hydrogens is 120 g/mol. The molecule has 0 radical (unpaired) electrons. The number of rotatable bonds is 4. The Hall–Kier alpha value is -0.480. The van der Waals surface area contributed by atoms with E-state index in [9.17, 15) is 0 Å². The summed E-state index contributed by atoms with van der Waals surface area (Å²) in [6, 6.07) is 0. The highest BCUT2D eigenvalue weighted by Crippen LogP contribution is 2.03. The third-order valence-electron chi connectivity index (χ3n) is 1.46. The molecule has 0 fully saturated rings. The first-order chi connectivity index (χ1) is 4.81. The molecule has 0 saturated carbocycles. The smallest absolute Gasteiger partial charge is 0.0247 e. The van der Waals surface area contributed by atoms with Crippen LogP contribution in [-0.2, 0) is 0 Å². The minimum atomic E-state index is 1.10. The topological polar surface area (TPSA) is 0 Å². The molecule has 0 aliphatic heterocycles. The van der Waals surface area contributed by atoms with Crippen LogP contribution < -0.4 is 0 Å². The second-order valence-corrected chi connectivity index (χ2v) is 2.64. The molecule has 0 heterocycles. The van der Waals surface area contributed by atoms with Crippen molar-refractivity contribution in [2.75, 3.05) is 0 Å². The number of hydrogen-bond donors (Lipinski definition) is 0. The van der Waals surface area contributed by atoms with Gasteiger partial charge in [0.1, 0.15) is 0 Å². The van der Waals surface area contributed by atoms with Crippen LogP contribution in [0.25, 0.3) is 0 Å². The van der Waals surface area contributed by atoms with Crippen LogP contribution in [0.15, 0.2) is 17.4 Å². The van der Waals surface area contributed by atoms with Gasteiger partial charge in [0.25, 0.3) is 0 Å². The number of unbranched alkanes of at least 4 members (excludes halogenated alkanes) is 1. The van der Waals surface area contributed by atoms with E-state index in [2.05, 4.69) is 32.6 Å². The number of allylic oxidation sites excluding steroid dienone is 1. The van der Waals surface area contributed by atoms with E-state index in [0.717, 1.165) is 6.42 Å². The van der Waals surface area contributed by atoms with Crippen molar-refractivity contribution >= 4 is 0 Å². The second-order valence-electron chi connectivity index (χ2n) is 2.64. The van der Waals surface area contributed by atoms with E-state index < -0.39 is 0 Å². The molecule has 0 heteroatoms. The zero-order valence-electron chi connectivity index (χ0n) is 7.41. The molecule has 0 aromatic heterocycles. The summed E-state index contributed by atoms with van der Waals surface area (Å²) in [6.45, 7) is 6.51. The van der Waals surface area contributed by atoms with Crippen molar-refractivity contribution < 1.29 is 0 Å². The Kier molecular flexibility index (Phi) is 6.32. The predicted octanol–water partition coefficient (Wildman–Crippen LogP) is 3.69. The molecule has 0 rings (SSSR count). The molecule has 0 unspecified atom stereocenters. The Morgan fingerprint density at radius 2 is 2.10 bits per heavy atom.